The summed E-state index contributed by atoms with van der Waals surface area (Å²) in [6.45, 7) is 2.27. The van der Waals surface area contributed by atoms with E-state index in [2.05, 4.69) is 11.4 Å². The van der Waals surface area contributed by atoms with Crippen molar-refractivity contribution < 1.29 is 14.0 Å². The molecule has 0 fully saturated rings. The first-order valence-electron chi connectivity index (χ1n) is 10.00. The van der Waals surface area contributed by atoms with Gasteiger partial charge in [0.05, 0.1) is 0 Å². The minimum Gasteiger partial charge on any atom is -0.324 e. The minimum absolute atomic E-state index is 0.307. The van der Waals surface area contributed by atoms with E-state index >= 15 is 0 Å². The zero-order valence-corrected chi connectivity index (χ0v) is 16.6. The molecule has 0 spiro atoms. The zero-order valence-electron chi connectivity index (χ0n) is 15.7. The highest BCUT2D eigenvalue weighted by atomic mass is 31.2. The van der Waals surface area contributed by atoms with Crippen LogP contribution in [-0.4, -0.2) is 18.2 Å². The number of hydrogen-bond acceptors (Lipinski definition) is 2. The van der Waals surface area contributed by atoms with Crippen molar-refractivity contribution >= 4 is 7.60 Å². The first kappa shape index (κ1) is 23.1. The zero-order chi connectivity index (χ0) is 17.2. The summed E-state index contributed by atoms with van der Waals surface area (Å²) in [7, 11) is -1.95. The van der Waals surface area contributed by atoms with E-state index in [4.69, 9.17) is 0 Å². The fraction of sp³-hybridized carbons (Fsp3) is 1.00. The quantitative estimate of drug-likeness (QED) is 0.213. The second-order valence-electron chi connectivity index (χ2n) is 6.85. The van der Waals surface area contributed by atoms with E-state index in [-0.39, 0.29) is 0 Å². The summed E-state index contributed by atoms with van der Waals surface area (Å²) in [5.74, 6) is 0. The summed E-state index contributed by atoms with van der Waals surface area (Å²) in [5, 5.41) is 0. The van der Waals surface area contributed by atoms with Crippen LogP contribution in [-0.2, 0) is 9.09 Å². The van der Waals surface area contributed by atoms with Crippen molar-refractivity contribution in [3.05, 3.63) is 0 Å². The fourth-order valence-electron chi connectivity index (χ4n) is 2.95. The number of hydrogen-bond donors (Lipinski definition) is 1. The average molecular weight is 349 g/mol. The van der Waals surface area contributed by atoms with Gasteiger partial charge in [-0.15, -0.1) is 0 Å². The molecule has 0 aliphatic heterocycles. The first-order valence-corrected chi connectivity index (χ1v) is 11.8. The van der Waals surface area contributed by atoms with Crippen molar-refractivity contribution in [2.75, 3.05) is 13.3 Å². The lowest BCUT2D eigenvalue weighted by Crippen LogP contribution is -1.91. The van der Waals surface area contributed by atoms with Crippen LogP contribution >= 0.6 is 7.60 Å². The molecule has 0 amide bonds. The third-order valence-corrected chi connectivity index (χ3v) is 6.03. The Balaban J connectivity index is 3.07. The summed E-state index contributed by atoms with van der Waals surface area (Å²) in [5.41, 5.74) is 0. The highest BCUT2D eigenvalue weighted by Gasteiger charge is 2.15. The molecule has 0 heterocycles. The standard InChI is InChI=1S/C19H41O3P/c1-3-4-5-6-7-8-9-10-11-12-13-14-15-16-17-18-19-23(20,21)22-2/h3-19H2,1-2H3,(H,20,21). The van der Waals surface area contributed by atoms with Gasteiger partial charge in [-0.05, 0) is 6.42 Å². The molecule has 1 unspecified atom stereocenters. The summed E-state index contributed by atoms with van der Waals surface area (Å²) >= 11 is 0. The molecule has 140 valence electrons. The molecular weight excluding hydrogens is 307 g/mol. The second kappa shape index (κ2) is 17.0. The Bertz CT molecular complexity index is 282. The Labute approximate surface area is 145 Å². The van der Waals surface area contributed by atoms with E-state index in [1.165, 1.54) is 97.0 Å². The van der Waals surface area contributed by atoms with Gasteiger partial charge in [-0.25, -0.2) is 0 Å². The molecule has 1 N–H and O–H groups in total. The summed E-state index contributed by atoms with van der Waals surface area (Å²) < 4.78 is 15.8. The van der Waals surface area contributed by atoms with Crippen molar-refractivity contribution in [3.8, 4) is 0 Å². The summed E-state index contributed by atoms with van der Waals surface area (Å²) in [6.07, 6.45) is 21.4. The SMILES string of the molecule is CCCCCCCCCCCCCCCCCCP(=O)(O)OC. The Hall–Kier alpha value is 0.150. The molecule has 0 aromatic carbocycles. The second-order valence-corrected chi connectivity index (χ2v) is 8.93. The first-order chi connectivity index (χ1) is 11.1. The van der Waals surface area contributed by atoms with Crippen LogP contribution < -0.4 is 0 Å². The molecule has 0 saturated carbocycles. The molecule has 4 heteroatoms. The van der Waals surface area contributed by atoms with Gasteiger partial charge in [0, 0.05) is 13.3 Å². The lowest BCUT2D eigenvalue weighted by Gasteiger charge is -2.07. The van der Waals surface area contributed by atoms with E-state index in [0.29, 0.717) is 6.16 Å². The van der Waals surface area contributed by atoms with Gasteiger partial charge in [-0.1, -0.05) is 103 Å². The van der Waals surface area contributed by atoms with Crippen LogP contribution in [0.25, 0.3) is 0 Å². The van der Waals surface area contributed by atoms with E-state index in [0.717, 1.165) is 12.8 Å². The molecule has 1 atom stereocenters. The molecule has 3 nitrogen and oxygen atoms in total. The fourth-order valence-corrected chi connectivity index (χ4v) is 3.76. The molecular formula is C19H41O3P. The lowest BCUT2D eigenvalue weighted by molar-refractivity contribution is 0.314. The Kier molecular flexibility index (Phi) is 17.1. The minimum atomic E-state index is -3.26. The topological polar surface area (TPSA) is 46.5 Å². The van der Waals surface area contributed by atoms with Gasteiger partial charge in [-0.3, -0.25) is 4.57 Å². The molecule has 0 saturated heterocycles. The van der Waals surface area contributed by atoms with Gasteiger partial charge in [0.2, 0.25) is 0 Å². The summed E-state index contributed by atoms with van der Waals surface area (Å²) in [6, 6.07) is 0. The Morgan fingerprint density at radius 1 is 0.652 bits per heavy atom. The molecule has 0 aromatic heterocycles. The monoisotopic (exact) mass is 348 g/mol. The van der Waals surface area contributed by atoms with Crippen LogP contribution in [0.5, 0.6) is 0 Å². The maximum absolute atomic E-state index is 11.3. The largest absolute Gasteiger partial charge is 0.327 e. The molecule has 0 radical (unpaired) electrons. The van der Waals surface area contributed by atoms with Crippen LogP contribution in [0.4, 0.5) is 0 Å². The molecule has 0 aromatic rings. The van der Waals surface area contributed by atoms with Crippen LogP contribution in [0, 0.1) is 0 Å². The van der Waals surface area contributed by atoms with E-state index in [1.807, 2.05) is 0 Å². The number of unbranched alkanes of at least 4 members (excludes halogenated alkanes) is 15. The van der Waals surface area contributed by atoms with Gasteiger partial charge in [-0.2, -0.15) is 0 Å². The molecule has 0 bridgehead atoms. The van der Waals surface area contributed by atoms with Gasteiger partial charge in [0.1, 0.15) is 0 Å². The van der Waals surface area contributed by atoms with Crippen LogP contribution in [0.1, 0.15) is 110 Å². The van der Waals surface area contributed by atoms with Gasteiger partial charge in [0.25, 0.3) is 0 Å². The third-order valence-electron chi connectivity index (χ3n) is 4.58. The Morgan fingerprint density at radius 2 is 0.957 bits per heavy atom. The highest BCUT2D eigenvalue weighted by molar-refractivity contribution is 7.52. The van der Waals surface area contributed by atoms with Gasteiger partial charge >= 0.3 is 7.60 Å². The normalized spacial score (nSPS) is 14.0. The van der Waals surface area contributed by atoms with Crippen molar-refractivity contribution in [3.63, 3.8) is 0 Å². The maximum Gasteiger partial charge on any atom is 0.327 e. The van der Waals surface area contributed by atoms with E-state index in [9.17, 15) is 9.46 Å². The van der Waals surface area contributed by atoms with Gasteiger partial charge < -0.3 is 9.42 Å². The van der Waals surface area contributed by atoms with E-state index in [1.54, 1.807) is 0 Å². The average Bonchev–Trinajstić information content (AvgIpc) is 2.54. The summed E-state index contributed by atoms with van der Waals surface area (Å²) in [4.78, 5) is 9.27. The highest BCUT2D eigenvalue weighted by Crippen LogP contribution is 2.41. The van der Waals surface area contributed by atoms with E-state index < -0.39 is 7.60 Å². The Morgan fingerprint density at radius 3 is 1.26 bits per heavy atom. The smallest absolute Gasteiger partial charge is 0.324 e. The maximum atomic E-state index is 11.3. The van der Waals surface area contributed by atoms with Crippen LogP contribution in [0.3, 0.4) is 0 Å². The van der Waals surface area contributed by atoms with Gasteiger partial charge in [0.15, 0.2) is 0 Å². The molecule has 0 aliphatic rings. The molecule has 0 aliphatic carbocycles. The lowest BCUT2D eigenvalue weighted by atomic mass is 10.0. The van der Waals surface area contributed by atoms with Crippen molar-refractivity contribution in [2.24, 2.45) is 0 Å². The predicted octanol–water partition coefficient (Wildman–Crippen LogP) is 7.08. The third kappa shape index (κ3) is 18.3. The number of rotatable bonds is 18. The van der Waals surface area contributed by atoms with Crippen molar-refractivity contribution in [1.29, 1.82) is 0 Å². The molecule has 0 rings (SSSR count). The van der Waals surface area contributed by atoms with Crippen LogP contribution in [0.15, 0.2) is 0 Å². The molecule has 23 heavy (non-hydrogen) atoms. The predicted molar refractivity (Wildman–Crippen MR) is 101 cm³/mol. The van der Waals surface area contributed by atoms with Crippen molar-refractivity contribution in [2.45, 2.75) is 110 Å². The van der Waals surface area contributed by atoms with Crippen molar-refractivity contribution in [1.82, 2.24) is 0 Å². The van der Waals surface area contributed by atoms with Crippen LogP contribution in [0.2, 0.25) is 0 Å².